The summed E-state index contributed by atoms with van der Waals surface area (Å²) in [5.74, 6) is -0.952. The van der Waals surface area contributed by atoms with Crippen LogP contribution in [0.3, 0.4) is 0 Å². The second-order valence-electron chi connectivity index (χ2n) is 9.83. The van der Waals surface area contributed by atoms with Crippen molar-refractivity contribution in [3.05, 3.63) is 0 Å². The molecule has 4 fully saturated rings. The molecule has 1 amide bonds. The largest absolute Gasteiger partial charge is 0.353 e. The van der Waals surface area contributed by atoms with Gasteiger partial charge in [0.2, 0.25) is 17.5 Å². The van der Waals surface area contributed by atoms with Gasteiger partial charge in [-0.2, -0.15) is 19.6 Å². The van der Waals surface area contributed by atoms with Gasteiger partial charge in [0.15, 0.2) is 0 Å². The summed E-state index contributed by atoms with van der Waals surface area (Å²) in [5, 5.41) is 3.09. The predicted octanol–water partition coefficient (Wildman–Crippen LogP) is 5.45. The first-order valence-corrected chi connectivity index (χ1v) is 12.2. The van der Waals surface area contributed by atoms with Crippen LogP contribution in [0.5, 0.6) is 0 Å². The van der Waals surface area contributed by atoms with Crippen LogP contribution >= 0.6 is 0 Å². The highest BCUT2D eigenvalue weighted by Crippen LogP contribution is 2.44. The molecule has 4 rings (SSSR count). The minimum absolute atomic E-state index is 0.193. The molecule has 3 aliphatic carbocycles. The Hall–Kier alpha value is -0.690. The van der Waals surface area contributed by atoms with Crippen LogP contribution in [0.4, 0.5) is 0 Å². The van der Waals surface area contributed by atoms with E-state index in [1.54, 1.807) is 0 Å². The Morgan fingerprint density at radius 2 is 1.10 bits per heavy atom. The minimum atomic E-state index is -0.793. The number of carbonyl (C=O) groups is 1. The van der Waals surface area contributed by atoms with E-state index in [0.717, 1.165) is 51.4 Å². The maximum atomic E-state index is 12.1. The molecule has 1 aliphatic heterocycles. The third-order valence-electron chi connectivity index (χ3n) is 7.09. The van der Waals surface area contributed by atoms with Crippen molar-refractivity contribution in [2.24, 2.45) is 5.92 Å². The maximum absolute atomic E-state index is 12.1. The highest BCUT2D eigenvalue weighted by molar-refractivity contribution is 5.76. The topological polar surface area (TPSA) is 66.0 Å². The number of carbonyl (C=O) groups excluding carboxylic acids is 1. The summed E-state index contributed by atoms with van der Waals surface area (Å²) in [5.41, 5.74) is 0. The lowest BCUT2D eigenvalue weighted by atomic mass is 9.83. The molecule has 0 aromatic rings. The molecule has 0 unspecified atom stereocenters. The van der Waals surface area contributed by atoms with E-state index in [1.165, 1.54) is 44.9 Å². The Morgan fingerprint density at radius 1 is 0.655 bits per heavy atom. The molecule has 1 N–H and O–H groups in total. The highest BCUT2D eigenvalue weighted by atomic mass is 17.4. The lowest BCUT2D eigenvalue weighted by molar-refractivity contribution is -0.662. The summed E-state index contributed by atoms with van der Waals surface area (Å²) in [6, 6.07) is 0.436. The van der Waals surface area contributed by atoms with E-state index in [2.05, 4.69) is 5.32 Å². The van der Waals surface area contributed by atoms with Crippen LogP contribution in [-0.4, -0.2) is 23.5 Å². The second kappa shape index (κ2) is 10.1. The smallest absolute Gasteiger partial charge is 0.234 e. The molecule has 0 aromatic heterocycles. The van der Waals surface area contributed by atoms with E-state index in [1.807, 2.05) is 0 Å². The van der Waals surface area contributed by atoms with Gasteiger partial charge in [-0.15, -0.1) is 0 Å². The van der Waals surface area contributed by atoms with Crippen LogP contribution in [0, 0.1) is 5.92 Å². The van der Waals surface area contributed by atoms with Crippen LogP contribution in [0.15, 0.2) is 0 Å². The van der Waals surface area contributed by atoms with Crippen molar-refractivity contribution >= 4 is 5.91 Å². The van der Waals surface area contributed by atoms with E-state index in [0.29, 0.717) is 31.2 Å². The number of rotatable bonds is 3. The zero-order valence-corrected chi connectivity index (χ0v) is 17.9. The molecule has 0 atom stereocenters. The van der Waals surface area contributed by atoms with Crippen LogP contribution < -0.4 is 5.32 Å². The molecule has 4 aliphatic rings. The normalized spacial score (nSPS) is 29.1. The summed E-state index contributed by atoms with van der Waals surface area (Å²) in [6.45, 7) is 0. The third kappa shape index (κ3) is 6.39. The van der Waals surface area contributed by atoms with Crippen molar-refractivity contribution in [3.63, 3.8) is 0 Å². The number of hydrogen-bond acceptors (Lipinski definition) is 5. The summed E-state index contributed by atoms with van der Waals surface area (Å²) in [6.07, 6.45) is 19.0. The van der Waals surface area contributed by atoms with Gasteiger partial charge in [0.1, 0.15) is 0 Å². The summed E-state index contributed by atoms with van der Waals surface area (Å²) >= 11 is 0. The van der Waals surface area contributed by atoms with Crippen molar-refractivity contribution in [1.29, 1.82) is 0 Å². The maximum Gasteiger partial charge on any atom is 0.234 e. The zero-order chi connectivity index (χ0) is 20.0. The van der Waals surface area contributed by atoms with Gasteiger partial charge in [-0.1, -0.05) is 44.9 Å². The van der Waals surface area contributed by atoms with Crippen molar-refractivity contribution in [3.8, 4) is 0 Å². The van der Waals surface area contributed by atoms with Crippen molar-refractivity contribution < 1.29 is 24.3 Å². The monoisotopic (exact) mass is 409 g/mol. The van der Waals surface area contributed by atoms with Gasteiger partial charge in [0.05, 0.1) is 0 Å². The zero-order valence-electron chi connectivity index (χ0n) is 17.9. The first-order valence-electron chi connectivity index (χ1n) is 12.2. The molecule has 0 aromatic carbocycles. The van der Waals surface area contributed by atoms with E-state index >= 15 is 0 Å². The van der Waals surface area contributed by atoms with Crippen LogP contribution in [-0.2, 0) is 24.3 Å². The molecule has 1 saturated heterocycles. The summed E-state index contributed by atoms with van der Waals surface area (Å²) in [7, 11) is 0. The third-order valence-corrected chi connectivity index (χ3v) is 7.09. The molecule has 6 heteroatoms. The molecule has 166 valence electrons. The van der Waals surface area contributed by atoms with Crippen LogP contribution in [0.2, 0.25) is 0 Å². The Bertz CT molecular complexity index is 503. The summed E-state index contributed by atoms with van der Waals surface area (Å²) < 4.78 is 0. The molecule has 0 radical (unpaired) electrons. The second-order valence-corrected chi connectivity index (χ2v) is 9.83. The average molecular weight is 410 g/mol. The molecule has 1 heterocycles. The molecule has 0 bridgehead atoms. The average Bonchev–Trinajstić information content (AvgIpc) is 3.53. The fourth-order valence-corrected chi connectivity index (χ4v) is 4.91. The van der Waals surface area contributed by atoms with Crippen LogP contribution in [0.25, 0.3) is 0 Å². The Morgan fingerprint density at radius 3 is 1.59 bits per heavy atom. The predicted molar refractivity (Wildman–Crippen MR) is 108 cm³/mol. The Kier molecular flexibility index (Phi) is 7.49. The van der Waals surface area contributed by atoms with Gasteiger partial charge in [-0.25, -0.2) is 0 Å². The number of amides is 1. The fourth-order valence-electron chi connectivity index (χ4n) is 4.91. The molecule has 6 nitrogen and oxygen atoms in total. The first-order chi connectivity index (χ1) is 14.2. The van der Waals surface area contributed by atoms with Crippen molar-refractivity contribution in [2.45, 2.75) is 133 Å². The standard InChI is InChI=1S/C23H39NO5/c25-21(24-20-10-11-20)18-19-12-16-23(17-13-19)28-26-22(27-29-23)14-8-6-4-2-1-3-5-7-9-15-22/h19-20H,1-18H2,(H,24,25). The van der Waals surface area contributed by atoms with E-state index in [-0.39, 0.29) is 5.91 Å². The Balaban J connectivity index is 1.23. The van der Waals surface area contributed by atoms with Gasteiger partial charge < -0.3 is 5.32 Å². The SMILES string of the molecule is O=C(CC1CCC2(CC1)OOC1(CCCCCCCCCCC1)OO2)NC1CC1. The quantitative estimate of drug-likeness (QED) is 0.628. The van der Waals surface area contributed by atoms with Gasteiger partial charge in [0.25, 0.3) is 0 Å². The van der Waals surface area contributed by atoms with E-state index in [4.69, 9.17) is 19.6 Å². The Labute approximate surface area is 175 Å². The highest BCUT2D eigenvalue weighted by Gasteiger charge is 2.50. The number of nitrogens with one attached hydrogen (secondary N) is 1. The van der Waals surface area contributed by atoms with E-state index in [9.17, 15) is 4.79 Å². The van der Waals surface area contributed by atoms with Crippen molar-refractivity contribution in [1.82, 2.24) is 5.32 Å². The number of hydrogen-bond donors (Lipinski definition) is 1. The lowest BCUT2D eigenvalue weighted by Crippen LogP contribution is -2.52. The minimum Gasteiger partial charge on any atom is -0.353 e. The fraction of sp³-hybridized carbons (Fsp3) is 0.957. The summed E-state index contributed by atoms with van der Waals surface area (Å²) in [4.78, 5) is 35.8. The molecule has 2 spiro atoms. The van der Waals surface area contributed by atoms with Gasteiger partial charge in [-0.05, 0) is 44.4 Å². The van der Waals surface area contributed by atoms with Gasteiger partial charge in [-0.3, -0.25) is 4.79 Å². The molecular weight excluding hydrogens is 370 g/mol. The molecule has 3 saturated carbocycles. The molecular formula is C23H39NO5. The van der Waals surface area contributed by atoms with Crippen LogP contribution in [0.1, 0.15) is 116 Å². The van der Waals surface area contributed by atoms with Gasteiger partial charge in [0, 0.05) is 38.1 Å². The van der Waals surface area contributed by atoms with Gasteiger partial charge >= 0.3 is 0 Å². The first kappa shape index (κ1) is 21.5. The molecule has 29 heavy (non-hydrogen) atoms. The van der Waals surface area contributed by atoms with E-state index < -0.39 is 11.6 Å². The lowest BCUT2D eigenvalue weighted by Gasteiger charge is -2.45. The van der Waals surface area contributed by atoms with Crippen molar-refractivity contribution in [2.75, 3.05) is 0 Å².